The van der Waals surface area contributed by atoms with Crippen LogP contribution in [-0.4, -0.2) is 59.2 Å². The molecule has 1 aromatic rings. The standard InChI is InChI=1S/C37H57NO7S/c1-2-3-6-13-27(39)17-18-28-31-21-25-12-11-16-33(44-24-35(40)41)32(25)22-26(31)23-34(28)45-37(43)30-15-8-7-14-29(30)36(42)38-19-9-4-5-10-20-46/h11-12,16,26-31,34,39,46H,2-10,13-15,17-24H2,1H3,(H,38,42)(H,40,41)/t26-,27-,28+,29-,30+,31-,34+/m0/s1. The summed E-state index contributed by atoms with van der Waals surface area (Å²) in [4.78, 5) is 38.3. The average molecular weight is 660 g/mol. The van der Waals surface area contributed by atoms with Crippen molar-refractivity contribution in [1.29, 1.82) is 0 Å². The molecule has 3 aliphatic carbocycles. The molecule has 1 aromatic carbocycles. The molecule has 0 saturated heterocycles. The van der Waals surface area contributed by atoms with E-state index in [0.717, 1.165) is 101 Å². The molecule has 3 N–H and O–H groups in total. The van der Waals surface area contributed by atoms with E-state index >= 15 is 0 Å². The monoisotopic (exact) mass is 659 g/mol. The van der Waals surface area contributed by atoms with Gasteiger partial charge in [-0.1, -0.05) is 64.0 Å². The highest BCUT2D eigenvalue weighted by molar-refractivity contribution is 7.80. The number of carbonyl (C=O) groups is 3. The van der Waals surface area contributed by atoms with Crippen molar-refractivity contribution >= 4 is 30.5 Å². The van der Waals surface area contributed by atoms with Crippen LogP contribution in [0.3, 0.4) is 0 Å². The molecular weight excluding hydrogens is 602 g/mol. The van der Waals surface area contributed by atoms with Crippen LogP contribution in [0.15, 0.2) is 18.2 Å². The molecule has 1 amide bonds. The molecule has 0 unspecified atom stereocenters. The lowest BCUT2D eigenvalue weighted by Gasteiger charge is -2.33. The number of fused-ring (bicyclic) bond motifs is 2. The third-order valence-corrected chi connectivity index (χ3v) is 11.0. The van der Waals surface area contributed by atoms with Crippen LogP contribution in [0.5, 0.6) is 5.75 Å². The second kappa shape index (κ2) is 18.9. The summed E-state index contributed by atoms with van der Waals surface area (Å²) in [5.74, 6) is 0.172. The Morgan fingerprint density at radius 2 is 1.78 bits per heavy atom. The molecule has 2 fully saturated rings. The third-order valence-electron chi connectivity index (χ3n) is 10.7. The molecular formula is C37H57NO7S. The highest BCUT2D eigenvalue weighted by Gasteiger charge is 2.48. The number of unbranched alkanes of at least 4 members (excludes halogenated alkanes) is 5. The zero-order chi connectivity index (χ0) is 32.9. The number of hydrogen-bond acceptors (Lipinski definition) is 7. The van der Waals surface area contributed by atoms with Crippen molar-refractivity contribution < 1.29 is 34.1 Å². The van der Waals surface area contributed by atoms with Crippen LogP contribution in [0, 0.1) is 29.6 Å². The number of nitrogens with one attached hydrogen (secondary N) is 1. The zero-order valence-electron chi connectivity index (χ0n) is 27.8. The first kappa shape index (κ1) is 36.6. The van der Waals surface area contributed by atoms with Crippen LogP contribution >= 0.6 is 12.6 Å². The Balaban J connectivity index is 1.44. The van der Waals surface area contributed by atoms with Gasteiger partial charge in [-0.3, -0.25) is 9.59 Å². The van der Waals surface area contributed by atoms with E-state index in [4.69, 9.17) is 9.47 Å². The van der Waals surface area contributed by atoms with E-state index in [1.54, 1.807) is 0 Å². The minimum atomic E-state index is -1.00. The number of amides is 1. The number of benzene rings is 1. The number of aliphatic hydroxyl groups is 1. The summed E-state index contributed by atoms with van der Waals surface area (Å²) in [6.45, 7) is 2.42. The second-order valence-corrected chi connectivity index (χ2v) is 14.4. The Morgan fingerprint density at radius 3 is 2.54 bits per heavy atom. The normalized spacial score (nSPS) is 26.1. The number of aliphatic carboxylic acids is 1. The van der Waals surface area contributed by atoms with Gasteiger partial charge in [-0.05, 0) is 105 Å². The first-order valence-electron chi connectivity index (χ1n) is 18.0. The highest BCUT2D eigenvalue weighted by atomic mass is 32.1. The van der Waals surface area contributed by atoms with Crippen LogP contribution in [0.1, 0.15) is 114 Å². The van der Waals surface area contributed by atoms with Crippen molar-refractivity contribution in [2.24, 2.45) is 29.6 Å². The lowest BCUT2D eigenvalue weighted by Crippen LogP contribution is -2.42. The van der Waals surface area contributed by atoms with E-state index in [-0.39, 0.29) is 48.4 Å². The summed E-state index contributed by atoms with van der Waals surface area (Å²) in [6.07, 6.45) is 14.6. The number of esters is 1. The van der Waals surface area contributed by atoms with E-state index in [9.17, 15) is 24.6 Å². The second-order valence-electron chi connectivity index (χ2n) is 13.9. The Kier molecular flexibility index (Phi) is 15.0. The van der Waals surface area contributed by atoms with Crippen molar-refractivity contribution in [2.75, 3.05) is 18.9 Å². The number of rotatable bonds is 19. The van der Waals surface area contributed by atoms with Gasteiger partial charge in [0.1, 0.15) is 11.9 Å². The number of thiol groups is 1. The maximum Gasteiger partial charge on any atom is 0.341 e. The Morgan fingerprint density at radius 1 is 1.00 bits per heavy atom. The molecule has 0 radical (unpaired) electrons. The Hall–Kier alpha value is -2.26. The minimum absolute atomic E-state index is 0.0213. The molecule has 0 bridgehead atoms. The molecule has 0 heterocycles. The largest absolute Gasteiger partial charge is 0.482 e. The third kappa shape index (κ3) is 10.4. The number of ether oxygens (including phenoxy) is 2. The van der Waals surface area contributed by atoms with E-state index in [1.807, 2.05) is 12.1 Å². The summed E-state index contributed by atoms with van der Waals surface area (Å²) in [7, 11) is 0. The lowest BCUT2D eigenvalue weighted by molar-refractivity contribution is -0.162. The molecule has 4 rings (SSSR count). The maximum atomic E-state index is 13.9. The summed E-state index contributed by atoms with van der Waals surface area (Å²) >= 11 is 4.27. The van der Waals surface area contributed by atoms with Crippen molar-refractivity contribution in [2.45, 2.75) is 128 Å². The van der Waals surface area contributed by atoms with Crippen LogP contribution in [0.25, 0.3) is 0 Å². The molecule has 0 aliphatic heterocycles. The van der Waals surface area contributed by atoms with Gasteiger partial charge >= 0.3 is 11.9 Å². The molecule has 258 valence electrons. The zero-order valence-corrected chi connectivity index (χ0v) is 28.7. The van der Waals surface area contributed by atoms with Crippen molar-refractivity contribution in [3.63, 3.8) is 0 Å². The van der Waals surface area contributed by atoms with Crippen molar-refractivity contribution in [3.05, 3.63) is 29.3 Å². The van der Waals surface area contributed by atoms with Gasteiger partial charge in [-0.2, -0.15) is 12.6 Å². The van der Waals surface area contributed by atoms with E-state index in [2.05, 4.69) is 30.9 Å². The summed E-state index contributed by atoms with van der Waals surface area (Å²) in [5.41, 5.74) is 2.23. The fraction of sp³-hybridized carbons (Fsp3) is 0.757. The quantitative estimate of drug-likeness (QED) is 0.0755. The van der Waals surface area contributed by atoms with Crippen LogP contribution < -0.4 is 10.1 Å². The number of carboxylic acid groups (broad SMARTS) is 1. The van der Waals surface area contributed by atoms with Crippen molar-refractivity contribution in [3.8, 4) is 5.75 Å². The maximum absolute atomic E-state index is 13.9. The van der Waals surface area contributed by atoms with Gasteiger partial charge in [0.2, 0.25) is 5.91 Å². The SMILES string of the molecule is CCCCC[C@H](O)CC[C@@H]1[C@H]2Cc3cccc(OCC(=O)O)c3C[C@H]2C[C@H]1OC(=O)[C@@H]1CCCC[C@@H]1C(=O)NCCCCCCS. The van der Waals surface area contributed by atoms with Gasteiger partial charge in [0.25, 0.3) is 0 Å². The average Bonchev–Trinajstić information content (AvgIpc) is 3.38. The van der Waals surface area contributed by atoms with Gasteiger partial charge in [0, 0.05) is 6.54 Å². The van der Waals surface area contributed by atoms with Crippen LogP contribution in [-0.2, 0) is 32.0 Å². The summed E-state index contributed by atoms with van der Waals surface area (Å²) < 4.78 is 12.1. The molecule has 8 nitrogen and oxygen atoms in total. The van der Waals surface area contributed by atoms with Gasteiger partial charge in [-0.15, -0.1) is 0 Å². The fourth-order valence-electron chi connectivity index (χ4n) is 8.24. The number of hydrogen-bond donors (Lipinski definition) is 4. The predicted octanol–water partition coefficient (Wildman–Crippen LogP) is 6.55. The molecule has 2 saturated carbocycles. The number of carboxylic acids is 1. The molecule has 7 atom stereocenters. The van der Waals surface area contributed by atoms with Gasteiger partial charge in [0.15, 0.2) is 6.61 Å². The van der Waals surface area contributed by atoms with E-state index in [0.29, 0.717) is 37.5 Å². The lowest BCUT2D eigenvalue weighted by atomic mass is 9.73. The Bertz CT molecular complexity index is 1130. The van der Waals surface area contributed by atoms with Crippen molar-refractivity contribution in [1.82, 2.24) is 5.32 Å². The van der Waals surface area contributed by atoms with Crippen LogP contribution in [0.4, 0.5) is 0 Å². The molecule has 0 aromatic heterocycles. The fourth-order valence-corrected chi connectivity index (χ4v) is 8.47. The van der Waals surface area contributed by atoms with Gasteiger partial charge in [0.05, 0.1) is 17.9 Å². The summed E-state index contributed by atoms with van der Waals surface area (Å²) in [6, 6.07) is 5.86. The molecule has 9 heteroatoms. The van der Waals surface area contributed by atoms with Gasteiger partial charge < -0.3 is 25.0 Å². The summed E-state index contributed by atoms with van der Waals surface area (Å²) in [5, 5.41) is 23.1. The minimum Gasteiger partial charge on any atom is -0.482 e. The first-order valence-corrected chi connectivity index (χ1v) is 18.7. The first-order chi connectivity index (χ1) is 22.3. The molecule has 46 heavy (non-hydrogen) atoms. The van der Waals surface area contributed by atoms with Crippen LogP contribution in [0.2, 0.25) is 0 Å². The van der Waals surface area contributed by atoms with E-state index in [1.165, 1.54) is 5.56 Å². The van der Waals surface area contributed by atoms with Gasteiger partial charge in [-0.25, -0.2) is 4.79 Å². The Labute approximate surface area is 281 Å². The smallest absolute Gasteiger partial charge is 0.341 e. The molecule has 3 aliphatic rings. The predicted molar refractivity (Wildman–Crippen MR) is 182 cm³/mol. The molecule has 0 spiro atoms. The van der Waals surface area contributed by atoms with E-state index < -0.39 is 11.9 Å². The highest BCUT2D eigenvalue weighted by Crippen LogP contribution is 2.50. The number of carbonyl (C=O) groups excluding carboxylic acids is 2. The number of aliphatic hydroxyl groups excluding tert-OH is 1. The topological polar surface area (TPSA) is 122 Å².